The Bertz CT molecular complexity index is 476. The molecule has 0 radical (unpaired) electrons. The van der Waals surface area contributed by atoms with Crippen molar-refractivity contribution in [2.24, 2.45) is 5.73 Å². The Kier molecular flexibility index (Phi) is 4.98. The highest BCUT2D eigenvalue weighted by Gasteiger charge is 2.36. The van der Waals surface area contributed by atoms with E-state index in [0.29, 0.717) is 19.5 Å². The molecule has 1 aromatic carbocycles. The smallest absolute Gasteiger partial charge is 0.240 e. The summed E-state index contributed by atoms with van der Waals surface area (Å²) >= 11 is 0. The van der Waals surface area contributed by atoms with Gasteiger partial charge in [0.1, 0.15) is 0 Å². The zero-order chi connectivity index (χ0) is 15.5. The second kappa shape index (κ2) is 6.56. The fourth-order valence-electron chi connectivity index (χ4n) is 2.75. The summed E-state index contributed by atoms with van der Waals surface area (Å²) in [6.07, 6.45) is 0.169. The van der Waals surface area contributed by atoms with Gasteiger partial charge in [0.05, 0.1) is 24.4 Å². The number of ether oxygens (including phenoxy) is 1. The minimum atomic E-state index is -0.569. The third-order valence-electron chi connectivity index (χ3n) is 3.61. The van der Waals surface area contributed by atoms with Crippen LogP contribution in [0.2, 0.25) is 0 Å². The van der Waals surface area contributed by atoms with Crippen molar-refractivity contribution in [3.63, 3.8) is 0 Å². The van der Waals surface area contributed by atoms with Gasteiger partial charge in [0, 0.05) is 13.1 Å². The van der Waals surface area contributed by atoms with Crippen molar-refractivity contribution >= 4 is 5.91 Å². The third kappa shape index (κ3) is 4.27. The Morgan fingerprint density at radius 1 is 1.48 bits per heavy atom. The van der Waals surface area contributed by atoms with E-state index in [4.69, 9.17) is 10.5 Å². The molecule has 0 aromatic heterocycles. The topological polar surface area (TPSA) is 75.8 Å². The van der Waals surface area contributed by atoms with Crippen molar-refractivity contribution in [2.45, 2.75) is 38.0 Å². The predicted octanol–water partition coefficient (Wildman–Crippen LogP) is 0.555. The number of hydrogen-bond acceptors (Lipinski definition) is 4. The minimum Gasteiger partial charge on any atom is -0.394 e. The van der Waals surface area contributed by atoms with Crippen LogP contribution in [-0.4, -0.2) is 53.4 Å². The Balaban J connectivity index is 2.01. The van der Waals surface area contributed by atoms with Crippen molar-refractivity contribution in [1.29, 1.82) is 0 Å². The summed E-state index contributed by atoms with van der Waals surface area (Å²) < 4.78 is 5.72. The van der Waals surface area contributed by atoms with Crippen molar-refractivity contribution < 1.29 is 14.6 Å². The SMILES string of the molecule is CC1(C)CN(C(=O)[C@H](N)Cc2ccccc2)CC(CO)O1. The maximum atomic E-state index is 12.5. The molecule has 21 heavy (non-hydrogen) atoms. The molecule has 1 saturated heterocycles. The van der Waals surface area contributed by atoms with Gasteiger partial charge in [0.2, 0.25) is 5.91 Å². The molecule has 5 heteroatoms. The molecule has 1 aliphatic rings. The van der Waals surface area contributed by atoms with Crippen LogP contribution in [0.5, 0.6) is 0 Å². The van der Waals surface area contributed by atoms with E-state index in [1.54, 1.807) is 4.90 Å². The average Bonchev–Trinajstić information content (AvgIpc) is 2.45. The zero-order valence-corrected chi connectivity index (χ0v) is 12.7. The number of aliphatic hydroxyl groups is 1. The Labute approximate surface area is 125 Å². The molecule has 1 amide bonds. The van der Waals surface area contributed by atoms with Gasteiger partial charge in [-0.15, -0.1) is 0 Å². The number of morpholine rings is 1. The molecule has 2 rings (SSSR count). The Morgan fingerprint density at radius 2 is 2.14 bits per heavy atom. The fourth-order valence-corrected chi connectivity index (χ4v) is 2.75. The lowest BCUT2D eigenvalue weighted by molar-refractivity contribution is -0.167. The van der Waals surface area contributed by atoms with E-state index in [2.05, 4.69) is 0 Å². The second-order valence-electron chi connectivity index (χ2n) is 6.20. The quantitative estimate of drug-likeness (QED) is 0.850. The number of benzene rings is 1. The molecule has 1 aliphatic heterocycles. The first-order valence-corrected chi connectivity index (χ1v) is 7.28. The van der Waals surface area contributed by atoms with Crippen molar-refractivity contribution in [3.8, 4) is 0 Å². The van der Waals surface area contributed by atoms with Crippen LogP contribution >= 0.6 is 0 Å². The van der Waals surface area contributed by atoms with E-state index in [-0.39, 0.29) is 18.6 Å². The molecule has 0 bridgehead atoms. The van der Waals surface area contributed by atoms with Crippen LogP contribution in [0.1, 0.15) is 19.4 Å². The molecule has 1 aromatic rings. The van der Waals surface area contributed by atoms with E-state index in [0.717, 1.165) is 5.56 Å². The van der Waals surface area contributed by atoms with Crippen LogP contribution in [0.3, 0.4) is 0 Å². The Hall–Kier alpha value is -1.43. The van der Waals surface area contributed by atoms with Crippen LogP contribution in [0.15, 0.2) is 30.3 Å². The van der Waals surface area contributed by atoms with Crippen LogP contribution in [0, 0.1) is 0 Å². The maximum Gasteiger partial charge on any atom is 0.240 e. The number of amides is 1. The summed E-state index contributed by atoms with van der Waals surface area (Å²) in [7, 11) is 0. The van der Waals surface area contributed by atoms with Gasteiger partial charge in [-0.05, 0) is 25.8 Å². The van der Waals surface area contributed by atoms with Crippen molar-refractivity contribution in [1.82, 2.24) is 4.90 Å². The maximum absolute atomic E-state index is 12.5. The summed E-state index contributed by atoms with van der Waals surface area (Å²) in [6.45, 7) is 4.61. The third-order valence-corrected chi connectivity index (χ3v) is 3.61. The largest absolute Gasteiger partial charge is 0.394 e. The van der Waals surface area contributed by atoms with Crippen LogP contribution < -0.4 is 5.73 Å². The van der Waals surface area contributed by atoms with Gasteiger partial charge in [0.25, 0.3) is 0 Å². The molecule has 1 heterocycles. The highest BCUT2D eigenvalue weighted by molar-refractivity contribution is 5.82. The minimum absolute atomic E-state index is 0.0892. The molecule has 116 valence electrons. The monoisotopic (exact) mass is 292 g/mol. The van der Waals surface area contributed by atoms with Gasteiger partial charge < -0.3 is 20.5 Å². The van der Waals surface area contributed by atoms with Crippen LogP contribution in [0.25, 0.3) is 0 Å². The van der Waals surface area contributed by atoms with Gasteiger partial charge in [-0.1, -0.05) is 30.3 Å². The number of nitrogens with two attached hydrogens (primary N) is 1. The van der Waals surface area contributed by atoms with Crippen molar-refractivity contribution in [2.75, 3.05) is 19.7 Å². The Morgan fingerprint density at radius 3 is 2.76 bits per heavy atom. The van der Waals surface area contributed by atoms with E-state index in [1.807, 2.05) is 44.2 Å². The predicted molar refractivity (Wildman–Crippen MR) is 80.7 cm³/mol. The molecule has 0 spiro atoms. The standard InChI is InChI=1S/C16H24N2O3/c1-16(2)11-18(9-13(10-19)21-16)15(20)14(17)8-12-6-4-3-5-7-12/h3-7,13-14,19H,8-11,17H2,1-2H3/t13?,14-/m1/s1. The first kappa shape index (κ1) is 15.9. The highest BCUT2D eigenvalue weighted by atomic mass is 16.5. The average molecular weight is 292 g/mol. The summed E-state index contributed by atoms with van der Waals surface area (Å²) in [6, 6.07) is 9.17. The number of hydrogen-bond donors (Lipinski definition) is 2. The lowest BCUT2D eigenvalue weighted by atomic mass is 10.0. The van der Waals surface area contributed by atoms with E-state index >= 15 is 0 Å². The fraction of sp³-hybridized carbons (Fsp3) is 0.562. The molecule has 1 unspecified atom stereocenters. The lowest BCUT2D eigenvalue weighted by Gasteiger charge is -2.43. The van der Waals surface area contributed by atoms with Crippen molar-refractivity contribution in [3.05, 3.63) is 35.9 Å². The second-order valence-corrected chi connectivity index (χ2v) is 6.20. The number of carbonyl (C=O) groups excluding carboxylic acids is 1. The molecule has 2 atom stereocenters. The number of carbonyl (C=O) groups is 1. The molecule has 0 aliphatic carbocycles. The van der Waals surface area contributed by atoms with E-state index in [9.17, 15) is 9.90 Å². The zero-order valence-electron chi connectivity index (χ0n) is 12.7. The van der Waals surface area contributed by atoms with Gasteiger partial charge in [-0.2, -0.15) is 0 Å². The van der Waals surface area contributed by atoms with Gasteiger partial charge in [-0.3, -0.25) is 4.79 Å². The van der Waals surface area contributed by atoms with E-state index in [1.165, 1.54) is 0 Å². The molecule has 5 nitrogen and oxygen atoms in total. The van der Waals surface area contributed by atoms with Gasteiger partial charge >= 0.3 is 0 Å². The summed E-state index contributed by atoms with van der Waals surface area (Å²) in [5.74, 6) is -0.0892. The molecule has 3 N–H and O–H groups in total. The summed E-state index contributed by atoms with van der Waals surface area (Å²) in [5, 5.41) is 9.30. The molecular formula is C16H24N2O3. The first-order chi connectivity index (χ1) is 9.91. The number of aliphatic hydroxyl groups excluding tert-OH is 1. The van der Waals surface area contributed by atoms with Gasteiger partial charge in [0.15, 0.2) is 0 Å². The normalized spacial score (nSPS) is 22.9. The first-order valence-electron chi connectivity index (χ1n) is 7.28. The molecule has 1 fully saturated rings. The lowest BCUT2D eigenvalue weighted by Crippen LogP contribution is -2.58. The van der Waals surface area contributed by atoms with Crippen LogP contribution in [0.4, 0.5) is 0 Å². The van der Waals surface area contributed by atoms with E-state index < -0.39 is 11.6 Å². The molecule has 0 saturated carbocycles. The highest BCUT2D eigenvalue weighted by Crippen LogP contribution is 2.21. The number of nitrogens with zero attached hydrogens (tertiary/aromatic N) is 1. The summed E-state index contributed by atoms with van der Waals surface area (Å²) in [4.78, 5) is 14.2. The number of rotatable bonds is 4. The summed E-state index contributed by atoms with van der Waals surface area (Å²) in [5.41, 5.74) is 6.64. The molecular weight excluding hydrogens is 268 g/mol. The van der Waals surface area contributed by atoms with Gasteiger partial charge in [-0.25, -0.2) is 0 Å². The van der Waals surface area contributed by atoms with Crippen LogP contribution in [-0.2, 0) is 16.0 Å².